The van der Waals surface area contributed by atoms with Gasteiger partial charge in [0.05, 0.1) is 12.7 Å². The summed E-state index contributed by atoms with van der Waals surface area (Å²) in [6, 6.07) is 20.6. The number of carboxylic acid groups (broad SMARTS) is 1. The number of nitrogens with one attached hydrogen (secondary N) is 3. The van der Waals surface area contributed by atoms with Gasteiger partial charge in [0.25, 0.3) is 0 Å². The van der Waals surface area contributed by atoms with Gasteiger partial charge in [-0.3, -0.25) is 4.79 Å². The number of nitrogens with two attached hydrogens (primary N) is 1. The quantitative estimate of drug-likeness (QED) is 0.116. The number of anilines is 3. The highest BCUT2D eigenvalue weighted by molar-refractivity contribution is 5.94. The van der Waals surface area contributed by atoms with Crippen molar-refractivity contribution in [2.75, 3.05) is 29.5 Å². The van der Waals surface area contributed by atoms with E-state index in [1.807, 2.05) is 87.5 Å². The highest BCUT2D eigenvalue weighted by Crippen LogP contribution is 2.33. The fourth-order valence-corrected chi connectivity index (χ4v) is 4.37. The lowest BCUT2D eigenvalue weighted by atomic mass is 10.0. The third-order valence-corrected chi connectivity index (χ3v) is 6.35. The van der Waals surface area contributed by atoms with Crippen LogP contribution in [0.1, 0.15) is 44.9 Å². The van der Waals surface area contributed by atoms with E-state index in [1.165, 1.54) is 0 Å². The van der Waals surface area contributed by atoms with Gasteiger partial charge >= 0.3 is 12.1 Å². The third kappa shape index (κ3) is 10.2. The molecule has 0 radical (unpaired) electrons. The van der Waals surface area contributed by atoms with Gasteiger partial charge in [-0.05, 0) is 92.7 Å². The fourth-order valence-electron chi connectivity index (χ4n) is 4.37. The van der Waals surface area contributed by atoms with Crippen LogP contribution in [0.25, 0.3) is 10.8 Å². The van der Waals surface area contributed by atoms with Crippen molar-refractivity contribution < 1.29 is 37.3 Å². The van der Waals surface area contributed by atoms with Crippen LogP contribution >= 0.6 is 0 Å². The van der Waals surface area contributed by atoms with Gasteiger partial charge in [0.2, 0.25) is 5.91 Å². The maximum absolute atomic E-state index is 13.7. The van der Waals surface area contributed by atoms with Gasteiger partial charge in [-0.25, -0.2) is 9.78 Å². The summed E-state index contributed by atoms with van der Waals surface area (Å²) in [6.07, 6.45) is -3.42. The number of benzene rings is 3. The summed E-state index contributed by atoms with van der Waals surface area (Å²) in [4.78, 5) is 26.7. The van der Waals surface area contributed by atoms with E-state index in [2.05, 4.69) is 27.9 Å². The van der Waals surface area contributed by atoms with E-state index in [4.69, 9.17) is 25.1 Å². The molecule has 246 valence electrons. The topological polar surface area (TPSA) is 148 Å². The van der Waals surface area contributed by atoms with Crippen LogP contribution in [0.2, 0.25) is 0 Å². The Labute approximate surface area is 265 Å². The van der Waals surface area contributed by atoms with Gasteiger partial charge in [-0.15, -0.1) is 0 Å². The molecule has 4 aromatic rings. The van der Waals surface area contributed by atoms with Crippen LogP contribution in [0.3, 0.4) is 0 Å². The largest absolute Gasteiger partial charge is 0.490 e. The number of pyridine rings is 1. The molecule has 1 heterocycles. The summed E-state index contributed by atoms with van der Waals surface area (Å²) in [5.41, 5.74) is 9.60. The zero-order chi connectivity index (χ0) is 33.9. The van der Waals surface area contributed by atoms with E-state index in [0.717, 1.165) is 39.8 Å². The molecule has 0 aliphatic rings. The number of alkyl halides is 3. The molecular weight excluding hydrogens is 603 g/mol. The number of halogens is 3. The van der Waals surface area contributed by atoms with Gasteiger partial charge in [0.15, 0.2) is 11.5 Å². The predicted octanol–water partition coefficient (Wildman–Crippen LogP) is 6.54. The van der Waals surface area contributed by atoms with Crippen LogP contribution < -0.4 is 31.2 Å². The molecule has 3 aromatic carbocycles. The Bertz CT molecular complexity index is 1630. The number of hydrogen-bond acceptors (Lipinski definition) is 8. The van der Waals surface area contributed by atoms with E-state index in [1.54, 1.807) is 6.20 Å². The van der Waals surface area contributed by atoms with Gasteiger partial charge in [0, 0.05) is 36.0 Å². The fraction of sp³-hybridized carbons (Fsp3) is 0.303. The molecule has 1 atom stereocenters. The van der Waals surface area contributed by atoms with Gasteiger partial charge in [0.1, 0.15) is 11.9 Å². The van der Waals surface area contributed by atoms with Crippen LogP contribution in [-0.2, 0) is 16.1 Å². The molecule has 1 aromatic heterocycles. The smallest absolute Gasteiger partial charge is 0.490 e. The van der Waals surface area contributed by atoms with Crippen LogP contribution in [0.4, 0.5) is 30.4 Å². The molecule has 46 heavy (non-hydrogen) atoms. The molecule has 0 aliphatic carbocycles. The summed E-state index contributed by atoms with van der Waals surface area (Å²) in [5, 5.41) is 18.7. The Kier molecular flexibility index (Phi) is 12.4. The molecule has 1 amide bonds. The summed E-state index contributed by atoms with van der Waals surface area (Å²) in [6.45, 7) is 9.60. The van der Waals surface area contributed by atoms with Crippen molar-refractivity contribution in [3.8, 4) is 11.5 Å². The van der Waals surface area contributed by atoms with E-state index < -0.39 is 18.2 Å². The molecule has 0 fully saturated rings. The molecule has 0 aliphatic heterocycles. The number of carboxylic acids is 1. The number of ether oxygens (including phenoxy) is 2. The molecule has 0 saturated heterocycles. The number of nitrogens with zero attached hydrogens (tertiary/aromatic N) is 1. The Morgan fingerprint density at radius 1 is 0.978 bits per heavy atom. The van der Waals surface area contributed by atoms with Crippen molar-refractivity contribution >= 4 is 39.8 Å². The average Bonchev–Trinajstić information content (AvgIpc) is 3.00. The summed E-state index contributed by atoms with van der Waals surface area (Å²) in [5.74, 6) is -1.22. The number of nitrogen functional groups attached to an aromatic ring is 1. The second-order valence-corrected chi connectivity index (χ2v) is 10.3. The first-order valence-corrected chi connectivity index (χ1v) is 14.6. The lowest BCUT2D eigenvalue weighted by Gasteiger charge is -2.22. The van der Waals surface area contributed by atoms with Crippen LogP contribution in [0.5, 0.6) is 11.5 Å². The SMILES string of the molecule is CCNc1cccc(CNC(=O)C(Nc2ccc3c(N)nccc3c2)c2ccc(OC(C)C)c(OCC)c2)c1.O=C(O)C(F)(F)F. The second kappa shape index (κ2) is 16.2. The number of aromatic nitrogens is 1. The molecule has 1 unspecified atom stereocenters. The average molecular weight is 642 g/mol. The standard InChI is InChI=1S/C31H37N5O3.C2HF3O2/c1-5-33-24-9-7-8-21(16-24)19-35-31(37)29(23-10-13-27(39-20(3)4)28(18-23)38-6-2)36-25-11-12-26-22(17-25)14-15-34-30(26)32;3-2(4,5)1(6)7/h7-18,20,29,33,36H,5-6,19H2,1-4H3,(H2,32,34)(H,35,37);(H,6,7). The van der Waals surface area contributed by atoms with Crippen molar-refractivity contribution in [1.82, 2.24) is 10.3 Å². The van der Waals surface area contributed by atoms with Gasteiger partial charge in [-0.1, -0.05) is 18.2 Å². The molecule has 13 heteroatoms. The first-order chi connectivity index (χ1) is 21.8. The Hall–Kier alpha value is -5.20. The van der Waals surface area contributed by atoms with Crippen molar-refractivity contribution in [2.45, 2.75) is 52.6 Å². The first-order valence-electron chi connectivity index (χ1n) is 14.6. The van der Waals surface area contributed by atoms with E-state index in [-0.39, 0.29) is 12.0 Å². The minimum absolute atomic E-state index is 0.00948. The number of amides is 1. The zero-order valence-corrected chi connectivity index (χ0v) is 25.9. The minimum Gasteiger partial charge on any atom is -0.490 e. The highest BCUT2D eigenvalue weighted by atomic mass is 19.4. The molecular formula is C33H38F3N5O5. The monoisotopic (exact) mass is 641 g/mol. The molecule has 10 nitrogen and oxygen atoms in total. The number of carbonyl (C=O) groups excluding carboxylic acids is 1. The molecule has 4 rings (SSSR count). The maximum Gasteiger partial charge on any atom is 0.490 e. The molecule has 0 spiro atoms. The Morgan fingerprint density at radius 2 is 1.72 bits per heavy atom. The Balaban J connectivity index is 0.000000738. The second-order valence-electron chi connectivity index (χ2n) is 10.3. The van der Waals surface area contributed by atoms with Crippen LogP contribution in [0.15, 0.2) is 72.9 Å². The number of carbonyl (C=O) groups is 2. The van der Waals surface area contributed by atoms with Crippen LogP contribution in [0, 0.1) is 0 Å². The third-order valence-electron chi connectivity index (χ3n) is 6.35. The van der Waals surface area contributed by atoms with Crippen molar-refractivity contribution in [3.63, 3.8) is 0 Å². The minimum atomic E-state index is -5.08. The first kappa shape index (κ1) is 35.3. The lowest BCUT2D eigenvalue weighted by molar-refractivity contribution is -0.192. The maximum atomic E-state index is 13.7. The Morgan fingerprint density at radius 3 is 2.37 bits per heavy atom. The summed E-state index contributed by atoms with van der Waals surface area (Å²) in [7, 11) is 0. The van der Waals surface area contributed by atoms with Gasteiger partial charge < -0.3 is 36.3 Å². The van der Waals surface area contributed by atoms with Gasteiger partial charge in [-0.2, -0.15) is 13.2 Å². The van der Waals surface area contributed by atoms with Crippen molar-refractivity contribution in [2.24, 2.45) is 0 Å². The number of rotatable bonds is 12. The highest BCUT2D eigenvalue weighted by Gasteiger charge is 2.38. The molecule has 0 saturated carbocycles. The number of aliphatic carboxylic acids is 1. The van der Waals surface area contributed by atoms with Crippen molar-refractivity contribution in [3.05, 3.63) is 84.1 Å². The number of fused-ring (bicyclic) bond motifs is 1. The molecule has 0 bridgehead atoms. The zero-order valence-electron chi connectivity index (χ0n) is 25.9. The van der Waals surface area contributed by atoms with E-state index in [9.17, 15) is 18.0 Å². The lowest BCUT2D eigenvalue weighted by Crippen LogP contribution is -2.33. The van der Waals surface area contributed by atoms with Crippen LogP contribution in [-0.4, -0.2) is 47.4 Å². The van der Waals surface area contributed by atoms with E-state index >= 15 is 0 Å². The summed E-state index contributed by atoms with van der Waals surface area (Å²) < 4.78 is 43.6. The summed E-state index contributed by atoms with van der Waals surface area (Å²) >= 11 is 0. The van der Waals surface area contributed by atoms with Crippen molar-refractivity contribution in [1.29, 1.82) is 0 Å². The molecule has 6 N–H and O–H groups in total. The number of hydrogen-bond donors (Lipinski definition) is 5. The predicted molar refractivity (Wildman–Crippen MR) is 172 cm³/mol. The normalized spacial score (nSPS) is 11.7. The van der Waals surface area contributed by atoms with E-state index in [0.29, 0.717) is 30.5 Å².